The second kappa shape index (κ2) is 10.9. The van der Waals surface area contributed by atoms with E-state index in [2.05, 4.69) is 182 Å². The molecule has 0 aliphatic rings. The summed E-state index contributed by atoms with van der Waals surface area (Å²) >= 11 is 7.37. The van der Waals surface area contributed by atoms with Crippen LogP contribution in [0.3, 0.4) is 0 Å². The molecule has 9 rings (SSSR count). The Hall–Kier alpha value is -4.90. The van der Waals surface area contributed by atoms with Gasteiger partial charge in [0.15, 0.2) is 0 Å². The summed E-state index contributed by atoms with van der Waals surface area (Å²) in [5.74, 6) is 0. The van der Waals surface area contributed by atoms with Gasteiger partial charge in [-0.2, -0.15) is 0 Å². The van der Waals surface area contributed by atoms with E-state index in [1.165, 1.54) is 21.9 Å². The Morgan fingerprint density at radius 2 is 1.13 bits per heavy atom. The summed E-state index contributed by atoms with van der Waals surface area (Å²) < 4.78 is 11.3. The van der Waals surface area contributed by atoms with Gasteiger partial charge in [0.25, 0.3) is 0 Å². The van der Waals surface area contributed by atoms with Gasteiger partial charge < -0.3 is 8.98 Å². The van der Waals surface area contributed by atoms with E-state index in [0.29, 0.717) is 0 Å². The highest BCUT2D eigenvalue weighted by atomic mass is 79.9. The first-order chi connectivity index (χ1) is 22.7. The monoisotopic (exact) mass is 717 g/mol. The molecule has 218 valence electrons. The van der Waals surface area contributed by atoms with Crippen molar-refractivity contribution in [1.29, 1.82) is 0 Å². The maximum Gasteiger partial charge on any atom is 0.143 e. The molecule has 0 aliphatic heterocycles. The van der Waals surface area contributed by atoms with E-state index in [1.54, 1.807) is 0 Å². The molecule has 0 saturated carbocycles. The Bertz CT molecular complexity index is 2600. The Morgan fingerprint density at radius 1 is 0.435 bits per heavy atom. The molecule has 0 fully saturated rings. The molecule has 0 radical (unpaired) electrons. The first-order valence-electron chi connectivity index (χ1n) is 15.2. The zero-order valence-electron chi connectivity index (χ0n) is 24.5. The first kappa shape index (κ1) is 27.4. The molecule has 2 nitrogen and oxygen atoms in total. The topological polar surface area (TPSA) is 18.1 Å². The van der Waals surface area contributed by atoms with Crippen LogP contribution in [0.5, 0.6) is 0 Å². The third-order valence-corrected chi connectivity index (χ3v) is 10.8. The van der Waals surface area contributed by atoms with E-state index >= 15 is 0 Å². The molecule has 4 heteroatoms. The largest absolute Gasteiger partial charge is 0.455 e. The lowest BCUT2D eigenvalue weighted by Crippen LogP contribution is -1.94. The number of furan rings is 1. The molecule has 0 bridgehead atoms. The van der Waals surface area contributed by atoms with Crippen molar-refractivity contribution >= 4 is 75.6 Å². The Balaban J connectivity index is 1.44. The van der Waals surface area contributed by atoms with E-state index in [4.69, 9.17) is 4.42 Å². The number of rotatable bonds is 4. The van der Waals surface area contributed by atoms with Crippen molar-refractivity contribution in [3.8, 4) is 39.1 Å². The lowest BCUT2D eigenvalue weighted by atomic mass is 9.91. The van der Waals surface area contributed by atoms with Crippen LogP contribution in [-0.2, 0) is 0 Å². The average Bonchev–Trinajstić information content (AvgIpc) is 3.66. The van der Waals surface area contributed by atoms with Gasteiger partial charge in [0.05, 0.1) is 11.0 Å². The zero-order chi connectivity index (χ0) is 30.8. The summed E-state index contributed by atoms with van der Waals surface area (Å²) in [4.78, 5) is 0. The second-order valence-electron chi connectivity index (χ2n) is 11.6. The van der Waals surface area contributed by atoms with Gasteiger partial charge in [0.1, 0.15) is 11.2 Å². The number of halogens is 2. The highest BCUT2D eigenvalue weighted by Gasteiger charge is 2.23. The van der Waals surface area contributed by atoms with Crippen LogP contribution in [0.2, 0.25) is 0 Å². The predicted octanol–water partition coefficient (Wildman–Crippen LogP) is 13.2. The van der Waals surface area contributed by atoms with Crippen LogP contribution in [-0.4, -0.2) is 4.57 Å². The van der Waals surface area contributed by atoms with Crippen LogP contribution in [0.4, 0.5) is 0 Å². The molecule has 0 aliphatic carbocycles. The number of benzene rings is 7. The van der Waals surface area contributed by atoms with Crippen molar-refractivity contribution in [1.82, 2.24) is 4.57 Å². The van der Waals surface area contributed by atoms with Gasteiger partial charge in [-0.05, 0) is 114 Å². The third-order valence-electron chi connectivity index (χ3n) is 8.94. The summed E-state index contributed by atoms with van der Waals surface area (Å²) in [6.07, 6.45) is 0. The maximum atomic E-state index is 6.82. The van der Waals surface area contributed by atoms with Crippen LogP contribution in [0, 0.1) is 0 Å². The van der Waals surface area contributed by atoms with Crippen LogP contribution in [0.15, 0.2) is 165 Å². The zero-order valence-corrected chi connectivity index (χ0v) is 27.7. The summed E-state index contributed by atoms with van der Waals surface area (Å²) in [6, 6.07) is 54.0. The lowest BCUT2D eigenvalue weighted by molar-refractivity contribution is 0.670. The Labute approximate surface area is 282 Å². The number of hydrogen-bond donors (Lipinski definition) is 0. The molecule has 2 aromatic heterocycles. The lowest BCUT2D eigenvalue weighted by Gasteiger charge is -2.14. The van der Waals surface area contributed by atoms with Crippen molar-refractivity contribution < 1.29 is 4.42 Å². The van der Waals surface area contributed by atoms with Crippen LogP contribution in [0.25, 0.3) is 82.8 Å². The van der Waals surface area contributed by atoms with Gasteiger partial charge in [-0.3, -0.25) is 0 Å². The van der Waals surface area contributed by atoms with Crippen LogP contribution < -0.4 is 0 Å². The SMILES string of the molecule is Brc1ccc(-c2ccc(-c3cc(-c4ccccc4)cc4c3c3ccccc3n4-c3ccccc3)c3oc4ccccc4c23)cc1Br. The number of aromatic nitrogens is 1. The number of para-hydroxylation sites is 3. The van der Waals surface area contributed by atoms with Crippen molar-refractivity contribution in [3.05, 3.63) is 161 Å². The Morgan fingerprint density at radius 3 is 1.93 bits per heavy atom. The quantitative estimate of drug-likeness (QED) is 0.177. The molecule has 0 N–H and O–H groups in total. The standard InChI is InChI=1S/C42H25Br2NO/c43-35-22-19-27(24-36(35)44)30-20-21-31(42-41(30)33-16-8-10-18-39(33)46-42)34-23-28(26-11-3-1-4-12-26)25-38-40(34)32-15-7-9-17-37(32)45(38)29-13-5-2-6-14-29/h1-25H. The fraction of sp³-hybridized carbons (Fsp3) is 0. The van der Waals surface area contributed by atoms with E-state index in [9.17, 15) is 0 Å². The number of hydrogen-bond acceptors (Lipinski definition) is 1. The predicted molar refractivity (Wildman–Crippen MR) is 200 cm³/mol. The average molecular weight is 719 g/mol. The van der Waals surface area contributed by atoms with Crippen molar-refractivity contribution in [2.75, 3.05) is 0 Å². The molecular weight excluding hydrogens is 694 g/mol. The van der Waals surface area contributed by atoms with Gasteiger partial charge in [0, 0.05) is 41.7 Å². The van der Waals surface area contributed by atoms with E-state index in [0.717, 1.165) is 69.9 Å². The van der Waals surface area contributed by atoms with Gasteiger partial charge in [0.2, 0.25) is 0 Å². The molecule has 0 spiro atoms. The van der Waals surface area contributed by atoms with Crippen molar-refractivity contribution in [2.45, 2.75) is 0 Å². The molecule has 0 unspecified atom stereocenters. The smallest absolute Gasteiger partial charge is 0.143 e. The highest BCUT2D eigenvalue weighted by Crippen LogP contribution is 2.47. The minimum atomic E-state index is 0.879. The number of nitrogens with zero attached hydrogens (tertiary/aromatic N) is 1. The second-order valence-corrected chi connectivity index (χ2v) is 13.3. The minimum Gasteiger partial charge on any atom is -0.455 e. The van der Waals surface area contributed by atoms with E-state index in [-0.39, 0.29) is 0 Å². The molecule has 7 aromatic carbocycles. The molecular formula is C42H25Br2NO. The Kier molecular flexibility index (Phi) is 6.48. The van der Waals surface area contributed by atoms with Crippen molar-refractivity contribution in [3.63, 3.8) is 0 Å². The van der Waals surface area contributed by atoms with Gasteiger partial charge >= 0.3 is 0 Å². The van der Waals surface area contributed by atoms with Gasteiger partial charge in [-0.1, -0.05) is 97.1 Å². The molecule has 2 heterocycles. The van der Waals surface area contributed by atoms with E-state index < -0.39 is 0 Å². The molecule has 9 aromatic rings. The number of fused-ring (bicyclic) bond motifs is 6. The molecule has 0 amide bonds. The minimum absolute atomic E-state index is 0.879. The van der Waals surface area contributed by atoms with E-state index in [1.807, 2.05) is 6.07 Å². The van der Waals surface area contributed by atoms with Crippen molar-refractivity contribution in [2.24, 2.45) is 0 Å². The normalized spacial score (nSPS) is 11.7. The summed E-state index contributed by atoms with van der Waals surface area (Å²) in [6.45, 7) is 0. The fourth-order valence-electron chi connectivity index (χ4n) is 6.91. The third kappa shape index (κ3) is 4.28. The first-order valence-corrected chi connectivity index (χ1v) is 16.8. The molecule has 0 saturated heterocycles. The summed E-state index contributed by atoms with van der Waals surface area (Å²) in [5, 5.41) is 4.64. The molecule has 46 heavy (non-hydrogen) atoms. The van der Waals surface area contributed by atoms with Crippen LogP contribution in [0.1, 0.15) is 0 Å². The van der Waals surface area contributed by atoms with Gasteiger partial charge in [-0.25, -0.2) is 0 Å². The van der Waals surface area contributed by atoms with Crippen LogP contribution >= 0.6 is 31.9 Å². The summed E-state index contributed by atoms with van der Waals surface area (Å²) in [7, 11) is 0. The van der Waals surface area contributed by atoms with Gasteiger partial charge in [-0.15, -0.1) is 0 Å². The maximum absolute atomic E-state index is 6.82. The molecule has 0 atom stereocenters. The summed E-state index contributed by atoms with van der Waals surface area (Å²) in [5.41, 5.74) is 12.1. The highest BCUT2D eigenvalue weighted by molar-refractivity contribution is 9.13. The fourth-order valence-corrected chi connectivity index (χ4v) is 7.53.